The third kappa shape index (κ3) is 5.11. The number of rotatable bonds is 4. The fraction of sp³-hybridized carbons (Fsp3) is 0.706. The molecule has 1 atom stereocenters. The van der Waals surface area contributed by atoms with Gasteiger partial charge in [-0.1, -0.05) is 6.42 Å². The number of nitrogens with two attached hydrogens (primary N) is 1. The van der Waals surface area contributed by atoms with E-state index >= 15 is 0 Å². The Morgan fingerprint density at radius 2 is 1.74 bits per heavy atom. The predicted octanol–water partition coefficient (Wildman–Crippen LogP) is 3.23. The lowest BCUT2D eigenvalue weighted by Gasteiger charge is -2.33. The normalized spacial score (nSPS) is 21.7. The van der Waals surface area contributed by atoms with E-state index in [1.807, 2.05) is 6.07 Å². The molecule has 2 saturated heterocycles. The summed E-state index contributed by atoms with van der Waals surface area (Å²) in [6, 6.07) is 4.24. The van der Waals surface area contributed by atoms with Crippen LogP contribution in [0.3, 0.4) is 0 Å². The highest BCUT2D eigenvalue weighted by atomic mass is 127. The van der Waals surface area contributed by atoms with E-state index < -0.39 is 0 Å². The summed E-state index contributed by atoms with van der Waals surface area (Å²) in [5.41, 5.74) is 6.21. The van der Waals surface area contributed by atoms with E-state index in [0.29, 0.717) is 12.5 Å². The van der Waals surface area contributed by atoms with Crippen molar-refractivity contribution in [3.63, 3.8) is 0 Å². The van der Waals surface area contributed by atoms with E-state index in [1.54, 1.807) is 6.26 Å². The second-order valence-corrected chi connectivity index (χ2v) is 6.37. The van der Waals surface area contributed by atoms with Gasteiger partial charge in [-0.05, 0) is 57.3 Å². The van der Waals surface area contributed by atoms with Crippen molar-refractivity contribution < 1.29 is 4.42 Å². The van der Waals surface area contributed by atoms with E-state index in [9.17, 15) is 0 Å². The van der Waals surface area contributed by atoms with Gasteiger partial charge in [0, 0.05) is 13.1 Å². The van der Waals surface area contributed by atoms with Crippen molar-refractivity contribution in [2.75, 3.05) is 32.7 Å². The van der Waals surface area contributed by atoms with E-state index in [4.69, 9.17) is 15.1 Å². The lowest BCUT2D eigenvalue weighted by molar-refractivity contribution is 0.150. The maximum atomic E-state index is 6.21. The maximum Gasteiger partial charge on any atom is 0.191 e. The van der Waals surface area contributed by atoms with Crippen molar-refractivity contribution in [2.45, 2.75) is 44.6 Å². The van der Waals surface area contributed by atoms with Crippen LogP contribution in [0, 0.1) is 0 Å². The Balaban J connectivity index is 0.00000192. The third-order valence-corrected chi connectivity index (χ3v) is 4.81. The Hall–Kier alpha value is -0.760. The molecular weight excluding hydrogens is 403 g/mol. The van der Waals surface area contributed by atoms with E-state index in [2.05, 4.69) is 15.9 Å². The quantitative estimate of drug-likeness (QED) is 0.451. The molecule has 3 heterocycles. The summed E-state index contributed by atoms with van der Waals surface area (Å²) in [5, 5.41) is 0. The monoisotopic (exact) mass is 432 g/mol. The zero-order valence-electron chi connectivity index (χ0n) is 13.8. The molecular formula is C17H29IN4O. The summed E-state index contributed by atoms with van der Waals surface area (Å²) in [5.74, 6) is 1.71. The average molecular weight is 432 g/mol. The van der Waals surface area contributed by atoms with Crippen molar-refractivity contribution in [2.24, 2.45) is 10.7 Å². The van der Waals surface area contributed by atoms with Gasteiger partial charge >= 0.3 is 0 Å². The number of nitrogens with zero attached hydrogens (tertiary/aromatic N) is 3. The van der Waals surface area contributed by atoms with Crippen molar-refractivity contribution in [1.29, 1.82) is 0 Å². The first-order valence-electron chi connectivity index (χ1n) is 8.67. The summed E-state index contributed by atoms with van der Waals surface area (Å²) < 4.78 is 5.66. The standard InChI is InChI=1S/C17H28N4O.HI/c18-17(21-11-5-2-6-12-21)19-14-15(16-8-7-13-22-16)20-9-3-1-4-10-20;/h7-8,13,15H,1-6,9-12,14H2,(H2,18,19);1H. The number of halogens is 1. The van der Waals surface area contributed by atoms with Crippen molar-refractivity contribution in [1.82, 2.24) is 9.80 Å². The number of guanidine groups is 1. The molecule has 1 aromatic rings. The first-order valence-corrected chi connectivity index (χ1v) is 8.67. The third-order valence-electron chi connectivity index (χ3n) is 4.81. The first kappa shape index (κ1) is 18.6. The first-order chi connectivity index (χ1) is 10.8. The summed E-state index contributed by atoms with van der Waals surface area (Å²) in [4.78, 5) is 9.41. The Bertz CT molecular complexity index is 465. The van der Waals surface area contributed by atoms with Crippen molar-refractivity contribution in [3.05, 3.63) is 24.2 Å². The predicted molar refractivity (Wildman–Crippen MR) is 104 cm³/mol. The van der Waals surface area contributed by atoms with Crippen LogP contribution in [-0.4, -0.2) is 48.5 Å². The molecule has 2 fully saturated rings. The topological polar surface area (TPSA) is 58.0 Å². The van der Waals surface area contributed by atoms with Crippen LogP contribution in [0.1, 0.15) is 50.3 Å². The molecule has 2 N–H and O–H groups in total. The molecule has 6 heteroatoms. The molecule has 2 aliphatic heterocycles. The Morgan fingerprint density at radius 1 is 1.09 bits per heavy atom. The molecule has 23 heavy (non-hydrogen) atoms. The Labute approximate surface area is 156 Å². The number of aliphatic imine (C=N–C) groups is 1. The Morgan fingerprint density at radius 3 is 2.35 bits per heavy atom. The molecule has 1 aromatic heterocycles. The molecule has 0 aromatic carbocycles. The minimum atomic E-state index is 0. The van der Waals surface area contributed by atoms with Crippen LogP contribution in [0.15, 0.2) is 27.8 Å². The SMILES string of the molecule is I.NC(=NCC(c1ccco1)N1CCCCC1)N1CCCCC1. The van der Waals surface area contributed by atoms with Crippen LogP contribution >= 0.6 is 24.0 Å². The highest BCUT2D eigenvalue weighted by Gasteiger charge is 2.24. The van der Waals surface area contributed by atoms with Gasteiger partial charge in [0.15, 0.2) is 5.96 Å². The van der Waals surface area contributed by atoms with Crippen LogP contribution in [0.25, 0.3) is 0 Å². The Kier molecular flexibility index (Phi) is 7.69. The van der Waals surface area contributed by atoms with Crippen LogP contribution in [0.2, 0.25) is 0 Å². The van der Waals surface area contributed by atoms with E-state index in [1.165, 1.54) is 38.5 Å². The number of piperidine rings is 2. The lowest BCUT2D eigenvalue weighted by atomic mass is 10.1. The fourth-order valence-corrected chi connectivity index (χ4v) is 3.50. The zero-order valence-corrected chi connectivity index (χ0v) is 16.2. The molecule has 2 aliphatic rings. The molecule has 0 spiro atoms. The van der Waals surface area contributed by atoms with E-state index in [-0.39, 0.29) is 30.0 Å². The molecule has 0 saturated carbocycles. The van der Waals surface area contributed by atoms with Gasteiger partial charge in [0.25, 0.3) is 0 Å². The molecule has 0 bridgehead atoms. The minimum absolute atomic E-state index is 0. The molecule has 130 valence electrons. The molecule has 0 amide bonds. The van der Waals surface area contributed by atoms with E-state index in [0.717, 1.165) is 31.9 Å². The van der Waals surface area contributed by atoms with Gasteiger partial charge in [-0.2, -0.15) is 0 Å². The minimum Gasteiger partial charge on any atom is -0.468 e. The number of likely N-dealkylation sites (tertiary alicyclic amines) is 2. The highest BCUT2D eigenvalue weighted by Crippen LogP contribution is 2.25. The fourth-order valence-electron chi connectivity index (χ4n) is 3.50. The summed E-state index contributed by atoms with van der Waals surface area (Å²) in [7, 11) is 0. The number of furan rings is 1. The van der Waals surface area contributed by atoms with Gasteiger partial charge in [0.05, 0.1) is 18.8 Å². The van der Waals surface area contributed by atoms with Crippen LogP contribution in [0.5, 0.6) is 0 Å². The van der Waals surface area contributed by atoms with Gasteiger partial charge in [-0.15, -0.1) is 24.0 Å². The molecule has 0 radical (unpaired) electrons. The summed E-state index contributed by atoms with van der Waals surface area (Å²) >= 11 is 0. The number of hydrogen-bond donors (Lipinski definition) is 1. The smallest absolute Gasteiger partial charge is 0.191 e. The lowest BCUT2D eigenvalue weighted by Crippen LogP contribution is -2.42. The largest absolute Gasteiger partial charge is 0.468 e. The highest BCUT2D eigenvalue weighted by molar-refractivity contribution is 14.0. The second kappa shape index (κ2) is 9.52. The molecule has 5 nitrogen and oxygen atoms in total. The van der Waals surface area contributed by atoms with Gasteiger partial charge in [-0.25, -0.2) is 0 Å². The number of hydrogen-bond acceptors (Lipinski definition) is 3. The molecule has 1 unspecified atom stereocenters. The second-order valence-electron chi connectivity index (χ2n) is 6.37. The van der Waals surface area contributed by atoms with Crippen molar-refractivity contribution >= 4 is 29.9 Å². The van der Waals surface area contributed by atoms with Gasteiger partial charge in [0.1, 0.15) is 5.76 Å². The van der Waals surface area contributed by atoms with Crippen LogP contribution in [0.4, 0.5) is 0 Å². The van der Waals surface area contributed by atoms with Crippen molar-refractivity contribution in [3.8, 4) is 0 Å². The van der Waals surface area contributed by atoms with Crippen LogP contribution in [-0.2, 0) is 0 Å². The average Bonchev–Trinajstić information content (AvgIpc) is 3.11. The molecule has 3 rings (SSSR count). The van der Waals surface area contributed by atoms with Gasteiger partial charge < -0.3 is 15.1 Å². The molecule has 0 aliphatic carbocycles. The summed E-state index contributed by atoms with van der Waals surface area (Å²) in [6.45, 7) is 5.04. The zero-order chi connectivity index (χ0) is 15.2. The van der Waals surface area contributed by atoms with Crippen LogP contribution < -0.4 is 5.73 Å². The van der Waals surface area contributed by atoms with Gasteiger partial charge in [0.2, 0.25) is 0 Å². The maximum absolute atomic E-state index is 6.21. The summed E-state index contributed by atoms with van der Waals surface area (Å²) in [6.07, 6.45) is 9.39. The van der Waals surface area contributed by atoms with Gasteiger partial charge in [-0.3, -0.25) is 9.89 Å².